The van der Waals surface area contributed by atoms with Crippen LogP contribution in [0.3, 0.4) is 0 Å². The van der Waals surface area contributed by atoms with E-state index in [0.717, 1.165) is 10.9 Å². The lowest BCUT2D eigenvalue weighted by molar-refractivity contribution is -0.144. The Hall–Kier alpha value is -3.05. The van der Waals surface area contributed by atoms with Crippen LogP contribution >= 0.6 is 11.3 Å². The largest absolute Gasteiger partial charge is 0.481 e. The standard InChI is InChI=1S/C23H25F2N5O3S/c1-12-9-15(29-22-26-8-7-16(30-22)19(24)25)10-17(28-12)18-11-27-21(34-18)23(2,33)14-5-3-13(4-6-14)20(31)32/h7-11,13-14,19,33H,3-6H2,1-2H3,(H,31,32)(H,26,28,29,30). The van der Waals surface area contributed by atoms with Crippen molar-refractivity contribution in [3.05, 3.63) is 47.0 Å². The lowest BCUT2D eigenvalue weighted by atomic mass is 9.74. The van der Waals surface area contributed by atoms with Crippen molar-refractivity contribution in [2.75, 3.05) is 5.32 Å². The molecule has 3 heterocycles. The van der Waals surface area contributed by atoms with Crippen LogP contribution in [0.5, 0.6) is 0 Å². The summed E-state index contributed by atoms with van der Waals surface area (Å²) in [6.45, 7) is 3.54. The Balaban J connectivity index is 1.54. The van der Waals surface area contributed by atoms with Crippen molar-refractivity contribution in [3.63, 3.8) is 0 Å². The summed E-state index contributed by atoms with van der Waals surface area (Å²) in [6, 6.07) is 4.66. The van der Waals surface area contributed by atoms with Gasteiger partial charge in [-0.25, -0.2) is 23.7 Å². The van der Waals surface area contributed by atoms with Gasteiger partial charge in [-0.1, -0.05) is 0 Å². The van der Waals surface area contributed by atoms with Gasteiger partial charge >= 0.3 is 5.97 Å². The highest BCUT2D eigenvalue weighted by atomic mass is 32.1. The van der Waals surface area contributed by atoms with Crippen LogP contribution < -0.4 is 5.32 Å². The molecule has 3 N–H and O–H groups in total. The van der Waals surface area contributed by atoms with Gasteiger partial charge < -0.3 is 15.5 Å². The number of aromatic nitrogens is 4. The maximum Gasteiger partial charge on any atom is 0.306 e. The van der Waals surface area contributed by atoms with E-state index in [-0.39, 0.29) is 23.5 Å². The number of halogens is 2. The van der Waals surface area contributed by atoms with E-state index >= 15 is 0 Å². The van der Waals surface area contributed by atoms with Crippen LogP contribution in [-0.4, -0.2) is 36.1 Å². The van der Waals surface area contributed by atoms with Gasteiger partial charge in [0, 0.05) is 23.8 Å². The number of alkyl halides is 2. The van der Waals surface area contributed by atoms with Crippen molar-refractivity contribution in [1.29, 1.82) is 0 Å². The number of carboxylic acid groups (broad SMARTS) is 1. The van der Waals surface area contributed by atoms with Gasteiger partial charge in [0.15, 0.2) is 0 Å². The topological polar surface area (TPSA) is 121 Å². The third-order valence-electron chi connectivity index (χ3n) is 6.17. The van der Waals surface area contributed by atoms with Gasteiger partial charge in [0.05, 0.1) is 16.5 Å². The van der Waals surface area contributed by atoms with Crippen LogP contribution in [0.25, 0.3) is 10.6 Å². The van der Waals surface area contributed by atoms with Gasteiger partial charge in [0.25, 0.3) is 6.43 Å². The summed E-state index contributed by atoms with van der Waals surface area (Å²) in [5.41, 5.74) is 0.346. The highest BCUT2D eigenvalue weighted by Crippen LogP contribution is 2.43. The SMILES string of the molecule is Cc1cc(Nc2nccc(C(F)F)n2)cc(-c2cnc(C(C)(O)C3CCC(C(=O)O)CC3)s2)n1. The minimum Gasteiger partial charge on any atom is -0.481 e. The number of aryl methyl sites for hydroxylation is 1. The van der Waals surface area contributed by atoms with E-state index in [1.165, 1.54) is 17.5 Å². The van der Waals surface area contributed by atoms with Crippen molar-refractivity contribution >= 4 is 28.9 Å². The van der Waals surface area contributed by atoms with Crippen molar-refractivity contribution in [3.8, 4) is 10.6 Å². The number of anilines is 2. The molecular formula is C23H25F2N5O3S. The minimum absolute atomic E-state index is 0.0549. The van der Waals surface area contributed by atoms with Crippen LogP contribution in [0.1, 0.15) is 55.4 Å². The molecule has 1 aliphatic carbocycles. The third kappa shape index (κ3) is 5.20. The molecule has 0 radical (unpaired) electrons. The molecule has 0 saturated heterocycles. The van der Waals surface area contributed by atoms with E-state index in [9.17, 15) is 23.8 Å². The lowest BCUT2D eigenvalue weighted by Gasteiger charge is -2.35. The normalized spacial score (nSPS) is 20.2. The number of aliphatic hydroxyl groups is 1. The fourth-order valence-electron chi connectivity index (χ4n) is 4.25. The van der Waals surface area contributed by atoms with Crippen LogP contribution in [0, 0.1) is 18.8 Å². The van der Waals surface area contributed by atoms with Crippen molar-refractivity contribution in [2.24, 2.45) is 11.8 Å². The van der Waals surface area contributed by atoms with Crippen molar-refractivity contribution in [1.82, 2.24) is 19.9 Å². The van der Waals surface area contributed by atoms with E-state index in [4.69, 9.17) is 0 Å². The van der Waals surface area contributed by atoms with Gasteiger partial charge in [0.1, 0.15) is 16.3 Å². The zero-order valence-electron chi connectivity index (χ0n) is 18.7. The van der Waals surface area contributed by atoms with E-state index < -0.39 is 18.0 Å². The molecule has 0 bridgehead atoms. The number of carbonyl (C=O) groups is 1. The maximum absolute atomic E-state index is 12.9. The number of nitrogens with zero attached hydrogens (tertiary/aromatic N) is 4. The molecule has 1 atom stereocenters. The number of hydrogen-bond donors (Lipinski definition) is 3. The molecule has 0 aromatic carbocycles. The first kappa shape index (κ1) is 24.1. The zero-order valence-corrected chi connectivity index (χ0v) is 19.5. The Morgan fingerprint density at radius 2 is 1.94 bits per heavy atom. The molecule has 3 aromatic heterocycles. The average Bonchev–Trinajstić information content (AvgIpc) is 3.30. The first-order chi connectivity index (χ1) is 16.1. The number of nitrogens with one attached hydrogen (secondary N) is 1. The quantitative estimate of drug-likeness (QED) is 0.420. The zero-order chi connectivity index (χ0) is 24.5. The van der Waals surface area contributed by atoms with Crippen LogP contribution in [0.15, 0.2) is 30.6 Å². The smallest absolute Gasteiger partial charge is 0.306 e. The first-order valence-electron chi connectivity index (χ1n) is 10.9. The van der Waals surface area contributed by atoms with E-state index in [0.29, 0.717) is 47.8 Å². The molecule has 180 valence electrons. The molecule has 8 nitrogen and oxygen atoms in total. The minimum atomic E-state index is -2.69. The number of aliphatic carboxylic acids is 1. The van der Waals surface area contributed by atoms with Gasteiger partial charge in [0.2, 0.25) is 5.95 Å². The molecule has 11 heteroatoms. The molecule has 1 saturated carbocycles. The molecule has 34 heavy (non-hydrogen) atoms. The predicted octanol–water partition coefficient (Wildman–Crippen LogP) is 5.08. The Labute approximate surface area is 199 Å². The maximum atomic E-state index is 12.9. The second-order valence-corrected chi connectivity index (χ2v) is 9.71. The number of carboxylic acids is 1. The molecule has 0 amide bonds. The molecule has 3 aromatic rings. The fourth-order valence-corrected chi connectivity index (χ4v) is 5.26. The Kier molecular flexibility index (Phi) is 6.85. The van der Waals surface area contributed by atoms with Gasteiger partial charge in [-0.15, -0.1) is 11.3 Å². The highest BCUT2D eigenvalue weighted by Gasteiger charge is 2.40. The molecule has 4 rings (SSSR count). The van der Waals surface area contributed by atoms with Crippen molar-refractivity contribution in [2.45, 2.75) is 51.6 Å². The second kappa shape index (κ2) is 9.67. The monoisotopic (exact) mass is 489 g/mol. The second-order valence-electron chi connectivity index (χ2n) is 8.68. The van der Waals surface area contributed by atoms with Crippen LogP contribution in [-0.2, 0) is 10.4 Å². The van der Waals surface area contributed by atoms with Crippen LogP contribution in [0.2, 0.25) is 0 Å². The fraction of sp³-hybridized carbons (Fsp3) is 0.435. The number of thiazole rings is 1. The molecule has 0 spiro atoms. The van der Waals surface area contributed by atoms with E-state index in [1.807, 2.05) is 6.92 Å². The number of rotatable bonds is 7. The molecule has 1 fully saturated rings. The number of hydrogen-bond acceptors (Lipinski definition) is 8. The lowest BCUT2D eigenvalue weighted by Crippen LogP contribution is -2.35. The summed E-state index contributed by atoms with van der Waals surface area (Å²) in [6.07, 6.45) is 2.54. The Morgan fingerprint density at radius 1 is 1.21 bits per heavy atom. The van der Waals surface area contributed by atoms with Crippen LogP contribution in [0.4, 0.5) is 20.4 Å². The van der Waals surface area contributed by atoms with Gasteiger partial charge in [-0.05, 0) is 63.6 Å². The molecule has 1 aliphatic rings. The summed E-state index contributed by atoms with van der Waals surface area (Å²) in [5.74, 6) is -1.16. The summed E-state index contributed by atoms with van der Waals surface area (Å²) < 4.78 is 25.9. The summed E-state index contributed by atoms with van der Waals surface area (Å²) >= 11 is 1.33. The summed E-state index contributed by atoms with van der Waals surface area (Å²) in [5, 5.41) is 24.0. The summed E-state index contributed by atoms with van der Waals surface area (Å²) in [7, 11) is 0. The Morgan fingerprint density at radius 3 is 2.62 bits per heavy atom. The first-order valence-corrected chi connectivity index (χ1v) is 11.7. The molecule has 0 aliphatic heterocycles. The third-order valence-corrected chi connectivity index (χ3v) is 7.42. The molecule has 1 unspecified atom stereocenters. The van der Waals surface area contributed by atoms with Gasteiger partial charge in [-0.3, -0.25) is 9.78 Å². The number of pyridine rings is 1. The van der Waals surface area contributed by atoms with Gasteiger partial charge in [-0.2, -0.15) is 0 Å². The summed E-state index contributed by atoms with van der Waals surface area (Å²) in [4.78, 5) is 28.8. The predicted molar refractivity (Wildman–Crippen MR) is 123 cm³/mol. The molecular weight excluding hydrogens is 464 g/mol. The van der Waals surface area contributed by atoms with E-state index in [1.54, 1.807) is 25.3 Å². The Bertz CT molecular complexity index is 1180. The average molecular weight is 490 g/mol. The highest BCUT2D eigenvalue weighted by molar-refractivity contribution is 7.15. The van der Waals surface area contributed by atoms with E-state index in [2.05, 4.69) is 25.3 Å². The van der Waals surface area contributed by atoms with Crippen molar-refractivity contribution < 1.29 is 23.8 Å².